The van der Waals surface area contributed by atoms with E-state index in [-0.39, 0.29) is 18.8 Å². The summed E-state index contributed by atoms with van der Waals surface area (Å²) in [5, 5.41) is 1.22. The fraction of sp³-hybridized carbons (Fsp3) is 0.258. The fourth-order valence-electron chi connectivity index (χ4n) is 4.85. The summed E-state index contributed by atoms with van der Waals surface area (Å²) < 4.78 is 20.1. The van der Waals surface area contributed by atoms with Gasteiger partial charge in [0.2, 0.25) is 0 Å². The normalized spacial score (nSPS) is 18.4. The second-order valence-electron chi connectivity index (χ2n) is 10.0. The Kier molecular flexibility index (Phi) is 8.57. The minimum Gasteiger partial charge on any atom is -0.459 e. The van der Waals surface area contributed by atoms with E-state index in [0.717, 1.165) is 11.1 Å². The molecule has 0 aliphatic carbocycles. The molecule has 1 aliphatic heterocycles. The number of benzene rings is 3. The first-order valence-electron chi connectivity index (χ1n) is 12.9. The smallest absolute Gasteiger partial charge is 0.338 e. The number of ether oxygens (including phenoxy) is 3. The predicted molar refractivity (Wildman–Crippen MR) is 160 cm³/mol. The van der Waals surface area contributed by atoms with Crippen LogP contribution in [0.15, 0.2) is 65.3 Å². The van der Waals surface area contributed by atoms with Crippen LogP contribution in [0, 0.1) is 13.8 Å². The van der Waals surface area contributed by atoms with Crippen LogP contribution in [0.1, 0.15) is 61.8 Å². The molecule has 0 spiro atoms. The number of carbonyl (C=O) groups is 3. The number of aryl methyl sites for hydroxylation is 2. The molecule has 1 aromatic heterocycles. The molecule has 212 valence electrons. The highest BCUT2D eigenvalue weighted by atomic mass is 79.9. The average molecular weight is 659 g/mol. The van der Waals surface area contributed by atoms with E-state index >= 15 is 0 Å². The molecule has 0 N–H and O–H groups in total. The molecule has 0 amide bonds. The summed E-state index contributed by atoms with van der Waals surface area (Å²) in [6, 6.07) is 17.4. The third-order valence-electron chi connectivity index (χ3n) is 7.02. The maximum Gasteiger partial charge on any atom is 0.338 e. The van der Waals surface area contributed by atoms with Crippen LogP contribution in [0.2, 0.25) is 10.0 Å². The molecule has 7 nitrogen and oxygen atoms in total. The van der Waals surface area contributed by atoms with Crippen molar-refractivity contribution in [2.45, 2.75) is 45.6 Å². The van der Waals surface area contributed by atoms with Crippen LogP contribution in [0.3, 0.4) is 0 Å². The minimum atomic E-state index is -0.781. The first kappa shape index (κ1) is 29.3. The molecule has 41 heavy (non-hydrogen) atoms. The topological polar surface area (TPSA) is 83.8 Å². The van der Waals surface area contributed by atoms with Crippen molar-refractivity contribution in [3.63, 3.8) is 0 Å². The number of halogens is 3. The van der Waals surface area contributed by atoms with Crippen LogP contribution in [-0.4, -0.2) is 41.1 Å². The van der Waals surface area contributed by atoms with Gasteiger partial charge in [0, 0.05) is 11.8 Å². The van der Waals surface area contributed by atoms with Gasteiger partial charge in [-0.15, -0.1) is 0 Å². The lowest BCUT2D eigenvalue weighted by molar-refractivity contribution is -0.0565. The number of hydrogen-bond donors (Lipinski definition) is 0. The lowest BCUT2D eigenvalue weighted by Crippen LogP contribution is -2.32. The number of aromatic nitrogens is 1. The van der Waals surface area contributed by atoms with Crippen LogP contribution < -0.4 is 0 Å². The van der Waals surface area contributed by atoms with Gasteiger partial charge in [-0.2, -0.15) is 0 Å². The number of ketones is 1. The summed E-state index contributed by atoms with van der Waals surface area (Å²) in [5.74, 6) is -1.22. The highest BCUT2D eigenvalue weighted by Crippen LogP contribution is 2.42. The molecule has 10 heteroatoms. The monoisotopic (exact) mass is 657 g/mol. The Morgan fingerprint density at radius 2 is 1.49 bits per heavy atom. The van der Waals surface area contributed by atoms with Gasteiger partial charge in [0.25, 0.3) is 0 Å². The Labute approximate surface area is 255 Å². The van der Waals surface area contributed by atoms with Gasteiger partial charge in [0.05, 0.1) is 36.9 Å². The van der Waals surface area contributed by atoms with Crippen molar-refractivity contribution in [3.05, 3.63) is 103 Å². The van der Waals surface area contributed by atoms with Crippen molar-refractivity contribution in [1.29, 1.82) is 0 Å². The second-order valence-corrected chi connectivity index (χ2v) is 11.6. The van der Waals surface area contributed by atoms with Crippen molar-refractivity contribution < 1.29 is 28.6 Å². The fourth-order valence-corrected chi connectivity index (χ4v) is 6.08. The summed E-state index contributed by atoms with van der Waals surface area (Å²) in [6.45, 7) is 5.16. The molecular formula is C31H26BrCl2NO6. The van der Waals surface area contributed by atoms with Gasteiger partial charge in [-0.25, -0.2) is 9.59 Å². The molecule has 0 bridgehead atoms. The Bertz CT molecular complexity index is 1650. The highest BCUT2D eigenvalue weighted by molar-refractivity contribution is 9.10. The first-order chi connectivity index (χ1) is 19.5. The minimum absolute atomic E-state index is 0.155. The van der Waals surface area contributed by atoms with Gasteiger partial charge in [-0.1, -0.05) is 58.6 Å². The van der Waals surface area contributed by atoms with Crippen molar-refractivity contribution >= 4 is 67.8 Å². The maximum absolute atomic E-state index is 13.1. The Balaban J connectivity index is 1.46. The third kappa shape index (κ3) is 6.06. The van der Waals surface area contributed by atoms with E-state index in [1.54, 1.807) is 41.0 Å². The number of carbonyl (C=O) groups excluding carboxylic acids is 3. The van der Waals surface area contributed by atoms with Crippen molar-refractivity contribution in [2.24, 2.45) is 0 Å². The quantitative estimate of drug-likeness (QED) is 0.148. The number of Topliss-reactive ketones (excluding diaryl/α,β-unsaturated/α-hetero) is 1. The van der Waals surface area contributed by atoms with E-state index in [1.807, 2.05) is 38.1 Å². The molecule has 1 aliphatic rings. The summed E-state index contributed by atoms with van der Waals surface area (Å²) in [4.78, 5) is 38.4. The van der Waals surface area contributed by atoms with Crippen LogP contribution in [0.4, 0.5) is 0 Å². The maximum atomic E-state index is 13.1. The average Bonchev–Trinajstić information content (AvgIpc) is 3.44. The second kappa shape index (κ2) is 12.0. The molecule has 1 fully saturated rings. The molecule has 1 saturated heterocycles. The van der Waals surface area contributed by atoms with Gasteiger partial charge in [0.1, 0.15) is 25.0 Å². The van der Waals surface area contributed by atoms with Crippen molar-refractivity contribution in [1.82, 2.24) is 4.57 Å². The molecule has 0 radical (unpaired) electrons. The molecular weight excluding hydrogens is 633 g/mol. The van der Waals surface area contributed by atoms with Crippen LogP contribution >= 0.6 is 39.1 Å². The van der Waals surface area contributed by atoms with E-state index in [4.69, 9.17) is 37.4 Å². The molecule has 3 atom stereocenters. The number of hydrogen-bond acceptors (Lipinski definition) is 6. The number of nitrogens with zero attached hydrogens (tertiary/aromatic N) is 1. The zero-order valence-electron chi connectivity index (χ0n) is 22.5. The van der Waals surface area contributed by atoms with Crippen molar-refractivity contribution in [3.8, 4) is 0 Å². The standard InChI is InChI=1S/C31H26BrCl2NO6/c1-16-4-8-19(9-5-16)30(37)39-15-26-25(41-31(38)20-10-6-17(2)7-11-20)14-27(40-26)35-24-13-23(34)22(33)12-21(24)28(18(3)36)29(35)32/h4-13,25-27H,14-15H2,1-3H3/t25-,26+,27+/m0/s1. The molecule has 4 aromatic rings. The van der Waals surface area contributed by atoms with Crippen molar-refractivity contribution in [2.75, 3.05) is 6.61 Å². The lowest BCUT2D eigenvalue weighted by atomic mass is 10.1. The Morgan fingerprint density at radius 1 is 0.927 bits per heavy atom. The molecule has 3 aromatic carbocycles. The van der Waals surface area contributed by atoms with E-state index in [1.165, 1.54) is 6.92 Å². The SMILES string of the molecule is CC(=O)c1c(Br)n([C@H]2C[C@H](OC(=O)c3ccc(C)cc3)[C@@H](COC(=O)c3ccc(C)cc3)O2)c2cc(Cl)c(Cl)cc12. The lowest BCUT2D eigenvalue weighted by Gasteiger charge is -2.19. The molecule has 0 unspecified atom stereocenters. The Hall–Kier alpha value is -3.17. The third-order valence-corrected chi connectivity index (χ3v) is 8.52. The van der Waals surface area contributed by atoms with Crippen LogP contribution in [0.5, 0.6) is 0 Å². The first-order valence-corrected chi connectivity index (χ1v) is 14.4. The van der Waals surface area contributed by atoms with Gasteiger partial charge in [-0.05, 0) is 73.1 Å². The van der Waals surface area contributed by atoms with Gasteiger partial charge < -0.3 is 18.8 Å². The zero-order valence-corrected chi connectivity index (χ0v) is 25.5. The van der Waals surface area contributed by atoms with Crippen LogP contribution in [-0.2, 0) is 14.2 Å². The van der Waals surface area contributed by atoms with Gasteiger partial charge in [0.15, 0.2) is 5.78 Å². The highest BCUT2D eigenvalue weighted by Gasteiger charge is 2.41. The van der Waals surface area contributed by atoms with E-state index < -0.39 is 30.4 Å². The van der Waals surface area contributed by atoms with E-state index in [9.17, 15) is 14.4 Å². The number of fused-ring (bicyclic) bond motifs is 1. The summed E-state index contributed by atoms with van der Waals surface area (Å²) in [7, 11) is 0. The summed E-state index contributed by atoms with van der Waals surface area (Å²) in [5.41, 5.74) is 3.85. The van der Waals surface area contributed by atoms with Crippen LogP contribution in [0.25, 0.3) is 10.9 Å². The summed E-state index contributed by atoms with van der Waals surface area (Å²) in [6.07, 6.45) is -2.00. The molecule has 5 rings (SSSR count). The van der Waals surface area contributed by atoms with Gasteiger partial charge in [-0.3, -0.25) is 4.79 Å². The largest absolute Gasteiger partial charge is 0.459 e. The molecule has 0 saturated carbocycles. The van der Waals surface area contributed by atoms with Gasteiger partial charge >= 0.3 is 11.9 Å². The summed E-state index contributed by atoms with van der Waals surface area (Å²) >= 11 is 16.2. The number of rotatable bonds is 7. The molecule has 2 heterocycles. The van der Waals surface area contributed by atoms with E-state index in [2.05, 4.69) is 15.9 Å². The van der Waals surface area contributed by atoms with E-state index in [0.29, 0.717) is 42.2 Å². The number of esters is 2. The Morgan fingerprint density at radius 3 is 2.07 bits per heavy atom. The zero-order chi connectivity index (χ0) is 29.4. The predicted octanol–water partition coefficient (Wildman–Crippen LogP) is 7.90.